The number of nitrogens with zero attached hydrogens (tertiary/aromatic N) is 2. The van der Waals surface area contributed by atoms with Gasteiger partial charge >= 0.3 is 5.97 Å². The molecule has 2 aromatic carbocycles. The fourth-order valence-electron chi connectivity index (χ4n) is 3.35. The number of aromatic nitrogens is 1. The maximum atomic E-state index is 12.6. The summed E-state index contributed by atoms with van der Waals surface area (Å²) < 4.78 is 5.37. The molecule has 8 heteroatoms. The number of ether oxygens (including phenoxy) is 1. The van der Waals surface area contributed by atoms with Crippen LogP contribution in [0.25, 0.3) is 11.3 Å². The maximum absolute atomic E-state index is 12.6. The quantitative estimate of drug-likeness (QED) is 0.401. The van der Waals surface area contributed by atoms with E-state index in [2.05, 4.69) is 4.98 Å². The van der Waals surface area contributed by atoms with Crippen LogP contribution in [0, 0.1) is 5.92 Å². The lowest BCUT2D eigenvalue weighted by Gasteiger charge is -2.16. The van der Waals surface area contributed by atoms with Crippen LogP contribution >= 0.6 is 22.9 Å². The molecule has 3 aromatic rings. The van der Waals surface area contributed by atoms with Crippen molar-refractivity contribution < 1.29 is 19.1 Å². The Bertz CT molecular complexity index is 1110. The van der Waals surface area contributed by atoms with Crippen molar-refractivity contribution in [2.45, 2.75) is 19.4 Å². The molecule has 1 aliphatic rings. The molecule has 0 aliphatic carbocycles. The van der Waals surface area contributed by atoms with Gasteiger partial charge in [-0.15, -0.1) is 11.3 Å². The fraction of sp³-hybridized carbons (Fsp3) is 0.217. The third-order valence-corrected chi connectivity index (χ3v) is 6.16. The number of hydrogen-bond acceptors (Lipinski definition) is 6. The van der Waals surface area contributed by atoms with Crippen LogP contribution in [-0.4, -0.2) is 35.3 Å². The minimum Gasteiger partial charge on any atom is -0.454 e. The van der Waals surface area contributed by atoms with Gasteiger partial charge < -0.3 is 4.74 Å². The molecule has 6 nitrogen and oxygen atoms in total. The van der Waals surface area contributed by atoms with Crippen LogP contribution < -0.4 is 4.90 Å². The molecule has 1 fully saturated rings. The summed E-state index contributed by atoms with van der Waals surface area (Å²) in [6, 6.07) is 15.9. The summed E-state index contributed by atoms with van der Waals surface area (Å²) in [4.78, 5) is 43.6. The maximum Gasteiger partial charge on any atom is 0.312 e. The van der Waals surface area contributed by atoms with E-state index < -0.39 is 18.0 Å². The van der Waals surface area contributed by atoms with E-state index in [9.17, 15) is 14.4 Å². The molecular formula is C23H19ClN2O4S. The summed E-state index contributed by atoms with van der Waals surface area (Å²) in [5, 5.41) is 3.02. The van der Waals surface area contributed by atoms with Crippen molar-refractivity contribution >= 4 is 45.7 Å². The third-order valence-electron chi connectivity index (χ3n) is 5.04. The lowest BCUT2D eigenvalue weighted by atomic mass is 10.1. The minimum absolute atomic E-state index is 0.0287. The Kier molecular flexibility index (Phi) is 6.15. The lowest BCUT2D eigenvalue weighted by Crippen LogP contribution is -2.30. The van der Waals surface area contributed by atoms with Crippen LogP contribution in [0.15, 0.2) is 60.0 Å². The van der Waals surface area contributed by atoms with E-state index in [0.717, 1.165) is 11.3 Å². The number of halogens is 1. The minimum atomic E-state index is -0.921. The first-order chi connectivity index (χ1) is 14.9. The van der Waals surface area contributed by atoms with Crippen LogP contribution in [0.4, 0.5) is 5.13 Å². The molecule has 1 amide bonds. The summed E-state index contributed by atoms with van der Waals surface area (Å²) in [5.74, 6) is -1.66. The molecule has 1 saturated heterocycles. The Hall–Kier alpha value is -3.03. The van der Waals surface area contributed by atoms with Gasteiger partial charge in [0.2, 0.25) is 11.7 Å². The van der Waals surface area contributed by atoms with Crippen molar-refractivity contribution in [1.29, 1.82) is 0 Å². The normalized spacial score (nSPS) is 16.9. The Labute approximate surface area is 188 Å². The zero-order valence-electron chi connectivity index (χ0n) is 16.7. The van der Waals surface area contributed by atoms with Crippen molar-refractivity contribution in [1.82, 2.24) is 4.98 Å². The molecule has 1 aromatic heterocycles. The molecule has 0 unspecified atom stereocenters. The van der Waals surface area contributed by atoms with E-state index in [-0.39, 0.29) is 24.7 Å². The molecule has 0 spiro atoms. The molecular weight excluding hydrogens is 436 g/mol. The summed E-state index contributed by atoms with van der Waals surface area (Å²) in [7, 11) is 0. The van der Waals surface area contributed by atoms with Crippen molar-refractivity contribution in [3.63, 3.8) is 0 Å². The van der Waals surface area contributed by atoms with Gasteiger partial charge in [0.1, 0.15) is 0 Å². The average molecular weight is 455 g/mol. The predicted octanol–water partition coefficient (Wildman–Crippen LogP) is 4.63. The molecule has 0 radical (unpaired) electrons. The van der Waals surface area contributed by atoms with Crippen LogP contribution in [0.3, 0.4) is 0 Å². The Morgan fingerprint density at radius 3 is 2.58 bits per heavy atom. The number of rotatable bonds is 6. The first-order valence-corrected chi connectivity index (χ1v) is 11.0. The molecule has 2 heterocycles. The standard InChI is InChI=1S/C23H19ClN2O4S/c1-14(21(28)16-5-3-2-4-6-16)30-22(29)17-11-20(27)26(12-17)23-25-19(13-31-23)15-7-9-18(24)10-8-15/h2-10,13-14,17H,11-12H2,1H3/t14-,17+/m1/s1. The van der Waals surface area contributed by atoms with Crippen LogP contribution in [0.5, 0.6) is 0 Å². The van der Waals surface area contributed by atoms with Crippen molar-refractivity contribution in [2.24, 2.45) is 5.92 Å². The number of amides is 1. The largest absolute Gasteiger partial charge is 0.454 e. The fourth-order valence-corrected chi connectivity index (χ4v) is 4.34. The van der Waals surface area contributed by atoms with Crippen molar-refractivity contribution in [3.8, 4) is 11.3 Å². The van der Waals surface area contributed by atoms with Crippen LogP contribution in [0.2, 0.25) is 5.02 Å². The smallest absolute Gasteiger partial charge is 0.312 e. The summed E-state index contributed by atoms with van der Waals surface area (Å²) in [5.41, 5.74) is 2.10. The topological polar surface area (TPSA) is 76.6 Å². The number of esters is 1. The van der Waals surface area contributed by atoms with Gasteiger partial charge in [-0.2, -0.15) is 0 Å². The highest BCUT2D eigenvalue weighted by Gasteiger charge is 2.38. The van der Waals surface area contributed by atoms with Crippen molar-refractivity contribution in [3.05, 3.63) is 70.6 Å². The second-order valence-electron chi connectivity index (χ2n) is 7.24. The van der Waals surface area contributed by atoms with E-state index >= 15 is 0 Å². The number of Topliss-reactive ketones (excluding diaryl/α,β-unsaturated/α-hetero) is 1. The number of benzene rings is 2. The SMILES string of the molecule is C[C@@H](OC(=O)[C@H]1CC(=O)N(c2nc(-c3ccc(Cl)cc3)cs2)C1)C(=O)c1ccccc1. The zero-order valence-corrected chi connectivity index (χ0v) is 18.2. The van der Waals surface area contributed by atoms with Gasteiger partial charge in [-0.3, -0.25) is 19.3 Å². The van der Waals surface area contributed by atoms with Crippen molar-refractivity contribution in [2.75, 3.05) is 11.4 Å². The Morgan fingerprint density at radius 2 is 1.87 bits per heavy atom. The molecule has 0 saturated carbocycles. The molecule has 1 aliphatic heterocycles. The number of thiazole rings is 1. The third kappa shape index (κ3) is 4.68. The van der Waals surface area contributed by atoms with E-state index in [1.165, 1.54) is 16.2 Å². The molecule has 31 heavy (non-hydrogen) atoms. The number of anilines is 1. The molecule has 0 N–H and O–H groups in total. The molecule has 158 valence electrons. The van der Waals surface area contributed by atoms with E-state index in [0.29, 0.717) is 15.7 Å². The van der Waals surface area contributed by atoms with Gasteiger partial charge in [0.05, 0.1) is 11.6 Å². The average Bonchev–Trinajstić information content (AvgIpc) is 3.41. The highest BCUT2D eigenvalue weighted by molar-refractivity contribution is 7.14. The molecule has 4 rings (SSSR count). The Morgan fingerprint density at radius 1 is 1.16 bits per heavy atom. The second kappa shape index (κ2) is 8.99. The van der Waals surface area contributed by atoms with Gasteiger partial charge in [-0.25, -0.2) is 4.98 Å². The van der Waals surface area contributed by atoms with Gasteiger partial charge in [-0.05, 0) is 19.1 Å². The second-order valence-corrected chi connectivity index (χ2v) is 8.51. The van der Waals surface area contributed by atoms with Gasteiger partial charge in [0, 0.05) is 34.5 Å². The number of ketones is 1. The number of carbonyl (C=O) groups excluding carboxylic acids is 3. The van der Waals surface area contributed by atoms with Gasteiger partial charge in [-0.1, -0.05) is 54.1 Å². The van der Waals surface area contributed by atoms with E-state index in [4.69, 9.17) is 16.3 Å². The van der Waals surface area contributed by atoms with Gasteiger partial charge in [0.25, 0.3) is 0 Å². The highest BCUT2D eigenvalue weighted by Crippen LogP contribution is 2.32. The predicted molar refractivity (Wildman–Crippen MR) is 119 cm³/mol. The summed E-state index contributed by atoms with van der Waals surface area (Å²) in [6.07, 6.45) is -0.892. The van der Waals surface area contributed by atoms with Crippen LogP contribution in [0.1, 0.15) is 23.7 Å². The van der Waals surface area contributed by atoms with E-state index in [1.54, 1.807) is 43.3 Å². The first kappa shape index (κ1) is 21.2. The first-order valence-electron chi connectivity index (χ1n) is 9.74. The van der Waals surface area contributed by atoms with Gasteiger partial charge in [0.15, 0.2) is 11.2 Å². The monoisotopic (exact) mass is 454 g/mol. The summed E-state index contributed by atoms with van der Waals surface area (Å²) in [6.45, 7) is 1.72. The molecule has 2 atom stereocenters. The van der Waals surface area contributed by atoms with Crippen LogP contribution in [-0.2, 0) is 14.3 Å². The molecule has 0 bridgehead atoms. The number of carbonyl (C=O) groups is 3. The lowest BCUT2D eigenvalue weighted by molar-refractivity contribution is -0.151. The van der Waals surface area contributed by atoms with E-state index in [1.807, 2.05) is 23.6 Å². The highest BCUT2D eigenvalue weighted by atomic mass is 35.5. The zero-order chi connectivity index (χ0) is 22.0. The Balaban J connectivity index is 1.40. The summed E-state index contributed by atoms with van der Waals surface area (Å²) >= 11 is 7.26. The number of hydrogen-bond donors (Lipinski definition) is 0.